The second kappa shape index (κ2) is 41.8. The van der Waals surface area contributed by atoms with E-state index < -0.39 is 0 Å². The molecule has 0 heterocycles. The monoisotopic (exact) mass is 808 g/mol. The maximum absolute atomic E-state index is 12.2. The third-order valence-corrected chi connectivity index (χ3v) is 9.87. The van der Waals surface area contributed by atoms with E-state index in [4.69, 9.17) is 18.9 Å². The SMILES string of the molecule is CCCCCC=CCC=CCCCCCCCC(=O)OCCCOc1cc(CNC)cc(OCCCOC(=O)CCCCCCCC=CCC=CCCCCCC)c1. The fraction of sp³-hybridized carbons (Fsp3) is 0.686. The summed E-state index contributed by atoms with van der Waals surface area (Å²) in [5, 5.41) is 3.18. The van der Waals surface area contributed by atoms with Crippen molar-refractivity contribution in [3.63, 3.8) is 0 Å². The van der Waals surface area contributed by atoms with Crippen molar-refractivity contribution in [2.45, 2.75) is 194 Å². The molecule has 0 saturated heterocycles. The Kier molecular flexibility index (Phi) is 38.0. The summed E-state index contributed by atoms with van der Waals surface area (Å²) >= 11 is 0. The lowest BCUT2D eigenvalue weighted by Crippen LogP contribution is -2.10. The van der Waals surface area contributed by atoms with Gasteiger partial charge in [0.1, 0.15) is 11.5 Å². The van der Waals surface area contributed by atoms with Crippen LogP contribution >= 0.6 is 0 Å². The summed E-state index contributed by atoms with van der Waals surface area (Å²) in [5.41, 5.74) is 1.05. The molecule has 0 spiro atoms. The Balaban J connectivity index is 2.07. The highest BCUT2D eigenvalue weighted by molar-refractivity contribution is 5.69. The fourth-order valence-electron chi connectivity index (χ4n) is 6.46. The average Bonchev–Trinajstić information content (AvgIpc) is 3.22. The summed E-state index contributed by atoms with van der Waals surface area (Å²) in [6.45, 7) is 6.79. The van der Waals surface area contributed by atoms with Crippen molar-refractivity contribution in [2.75, 3.05) is 33.5 Å². The minimum Gasteiger partial charge on any atom is -0.493 e. The molecule has 0 aromatic heterocycles. The topological polar surface area (TPSA) is 83.1 Å². The van der Waals surface area contributed by atoms with Gasteiger partial charge in [-0.15, -0.1) is 0 Å². The Bertz CT molecular complexity index is 1220. The standard InChI is InChI=1S/C51H85NO6/c1-4-6-8-10-12-14-16-18-20-22-24-26-28-30-32-34-38-51(54)58-42-36-40-56-49-44-47(46-52-3)43-48(45-49)55-39-35-41-57-50(53)37-33-31-29-27-25-23-21-19-17-15-13-11-9-7-5-2/h13-16,19-22,43-45,52H,4-12,17-18,23-42,46H2,1-3H3. The Morgan fingerprint density at radius 1 is 0.466 bits per heavy atom. The van der Waals surface area contributed by atoms with Crippen molar-refractivity contribution >= 4 is 11.9 Å². The van der Waals surface area contributed by atoms with E-state index >= 15 is 0 Å². The molecule has 0 saturated carbocycles. The molecule has 58 heavy (non-hydrogen) atoms. The van der Waals surface area contributed by atoms with E-state index in [1.165, 1.54) is 83.5 Å². The lowest BCUT2D eigenvalue weighted by molar-refractivity contribution is -0.144. The number of nitrogens with one attached hydrogen (secondary N) is 1. The molecular formula is C51H85NO6. The number of rotatable bonds is 41. The zero-order valence-electron chi connectivity index (χ0n) is 37.4. The fourth-order valence-corrected chi connectivity index (χ4v) is 6.46. The molecule has 0 aliphatic carbocycles. The van der Waals surface area contributed by atoms with Gasteiger partial charge in [0, 0.05) is 38.3 Å². The molecule has 1 aromatic rings. The zero-order chi connectivity index (χ0) is 41.8. The van der Waals surface area contributed by atoms with Gasteiger partial charge in [0.05, 0.1) is 26.4 Å². The van der Waals surface area contributed by atoms with Crippen LogP contribution in [-0.2, 0) is 25.6 Å². The molecule has 0 bridgehead atoms. The van der Waals surface area contributed by atoms with Crippen LogP contribution in [0.2, 0.25) is 0 Å². The van der Waals surface area contributed by atoms with Gasteiger partial charge >= 0.3 is 11.9 Å². The van der Waals surface area contributed by atoms with E-state index in [9.17, 15) is 9.59 Å². The maximum Gasteiger partial charge on any atom is 0.305 e. The molecule has 0 amide bonds. The summed E-state index contributed by atoms with van der Waals surface area (Å²) < 4.78 is 22.9. The second-order valence-electron chi connectivity index (χ2n) is 15.5. The van der Waals surface area contributed by atoms with Gasteiger partial charge in [-0.3, -0.25) is 9.59 Å². The molecule has 0 aliphatic rings. The first kappa shape index (κ1) is 52.7. The molecule has 0 unspecified atom stereocenters. The van der Waals surface area contributed by atoms with Crippen LogP contribution in [0.3, 0.4) is 0 Å². The van der Waals surface area contributed by atoms with Gasteiger partial charge in [-0.05, 0) is 102 Å². The van der Waals surface area contributed by atoms with Crippen LogP contribution in [0.25, 0.3) is 0 Å². The molecule has 1 rings (SSSR count). The van der Waals surface area contributed by atoms with Crippen molar-refractivity contribution in [2.24, 2.45) is 0 Å². The van der Waals surface area contributed by atoms with Crippen molar-refractivity contribution in [3.05, 3.63) is 72.4 Å². The molecular weight excluding hydrogens is 723 g/mol. The molecule has 0 atom stereocenters. The number of hydrogen-bond donors (Lipinski definition) is 1. The van der Waals surface area contributed by atoms with Crippen LogP contribution in [-0.4, -0.2) is 45.4 Å². The number of allylic oxidation sites excluding steroid dienone is 8. The number of benzene rings is 1. The van der Waals surface area contributed by atoms with Crippen molar-refractivity contribution in [1.29, 1.82) is 0 Å². The predicted octanol–water partition coefficient (Wildman–Crippen LogP) is 14.0. The second-order valence-corrected chi connectivity index (χ2v) is 15.5. The first-order chi connectivity index (χ1) is 28.6. The number of ether oxygens (including phenoxy) is 4. The quantitative estimate of drug-likeness (QED) is 0.0401. The Morgan fingerprint density at radius 3 is 1.28 bits per heavy atom. The summed E-state index contributed by atoms with van der Waals surface area (Å²) in [5.74, 6) is 1.19. The number of esters is 2. The molecule has 1 aromatic carbocycles. The molecule has 0 fully saturated rings. The zero-order valence-corrected chi connectivity index (χ0v) is 37.4. The van der Waals surface area contributed by atoms with Crippen LogP contribution < -0.4 is 14.8 Å². The largest absolute Gasteiger partial charge is 0.493 e. The van der Waals surface area contributed by atoms with E-state index in [1.807, 2.05) is 25.2 Å². The number of unbranched alkanes of at least 4 members (excludes halogenated alkanes) is 17. The summed E-state index contributed by atoms with van der Waals surface area (Å²) in [7, 11) is 1.90. The smallest absolute Gasteiger partial charge is 0.305 e. The molecule has 7 nitrogen and oxygen atoms in total. The molecule has 0 radical (unpaired) electrons. The highest BCUT2D eigenvalue weighted by Gasteiger charge is 2.07. The van der Waals surface area contributed by atoms with Crippen LogP contribution in [0.1, 0.15) is 193 Å². The van der Waals surface area contributed by atoms with E-state index in [0.29, 0.717) is 58.7 Å². The lowest BCUT2D eigenvalue weighted by Gasteiger charge is -2.13. The summed E-state index contributed by atoms with van der Waals surface area (Å²) in [6, 6.07) is 5.87. The van der Waals surface area contributed by atoms with Crippen molar-refractivity contribution in [3.8, 4) is 11.5 Å². The first-order valence-electron chi connectivity index (χ1n) is 23.5. The Hall–Kier alpha value is -3.32. The minimum atomic E-state index is -0.125. The van der Waals surface area contributed by atoms with Gasteiger partial charge in [-0.1, -0.05) is 133 Å². The Morgan fingerprint density at radius 2 is 0.845 bits per heavy atom. The van der Waals surface area contributed by atoms with Crippen LogP contribution in [0, 0.1) is 0 Å². The third-order valence-electron chi connectivity index (χ3n) is 9.87. The highest BCUT2D eigenvalue weighted by atomic mass is 16.5. The van der Waals surface area contributed by atoms with E-state index in [1.54, 1.807) is 0 Å². The molecule has 1 N–H and O–H groups in total. The maximum atomic E-state index is 12.2. The molecule has 7 heteroatoms. The number of carbonyl (C=O) groups is 2. The lowest BCUT2D eigenvalue weighted by atomic mass is 10.1. The van der Waals surface area contributed by atoms with Gasteiger partial charge in [0.15, 0.2) is 0 Å². The molecule has 0 aliphatic heterocycles. The number of hydrogen-bond acceptors (Lipinski definition) is 7. The van der Waals surface area contributed by atoms with Crippen LogP contribution in [0.4, 0.5) is 0 Å². The average molecular weight is 808 g/mol. The Labute approximate surface area is 355 Å². The van der Waals surface area contributed by atoms with Gasteiger partial charge in [0.25, 0.3) is 0 Å². The van der Waals surface area contributed by atoms with Gasteiger partial charge in [-0.25, -0.2) is 0 Å². The van der Waals surface area contributed by atoms with Gasteiger partial charge in [-0.2, -0.15) is 0 Å². The van der Waals surface area contributed by atoms with Crippen molar-refractivity contribution in [1.82, 2.24) is 5.32 Å². The normalized spacial score (nSPS) is 11.8. The van der Waals surface area contributed by atoms with E-state index in [2.05, 4.69) is 67.8 Å². The van der Waals surface area contributed by atoms with Crippen molar-refractivity contribution < 1.29 is 28.5 Å². The minimum absolute atomic E-state index is 0.125. The first-order valence-corrected chi connectivity index (χ1v) is 23.5. The summed E-state index contributed by atoms with van der Waals surface area (Å²) in [4.78, 5) is 24.4. The van der Waals surface area contributed by atoms with Crippen LogP contribution in [0.5, 0.6) is 11.5 Å². The van der Waals surface area contributed by atoms with Crippen LogP contribution in [0.15, 0.2) is 66.8 Å². The summed E-state index contributed by atoms with van der Waals surface area (Å²) in [6.07, 6.45) is 47.6. The highest BCUT2D eigenvalue weighted by Crippen LogP contribution is 2.24. The van der Waals surface area contributed by atoms with Gasteiger partial charge < -0.3 is 24.3 Å². The molecule has 330 valence electrons. The van der Waals surface area contributed by atoms with E-state index in [0.717, 1.165) is 81.3 Å². The van der Waals surface area contributed by atoms with E-state index in [-0.39, 0.29) is 11.9 Å². The van der Waals surface area contributed by atoms with Gasteiger partial charge in [0.2, 0.25) is 0 Å². The predicted molar refractivity (Wildman–Crippen MR) is 245 cm³/mol. The third kappa shape index (κ3) is 35.8. The number of carbonyl (C=O) groups excluding carboxylic acids is 2.